The van der Waals surface area contributed by atoms with Gasteiger partial charge in [0.25, 0.3) is 0 Å². The highest BCUT2D eigenvalue weighted by Crippen LogP contribution is 2.38. The summed E-state index contributed by atoms with van der Waals surface area (Å²) in [5.41, 5.74) is 4.95. The van der Waals surface area contributed by atoms with E-state index < -0.39 is 23.9 Å². The highest BCUT2D eigenvalue weighted by Gasteiger charge is 2.19. The summed E-state index contributed by atoms with van der Waals surface area (Å²) in [5.74, 6) is 1.88. The number of carbonyl (C=O) groups is 5. The van der Waals surface area contributed by atoms with E-state index >= 15 is 0 Å². The summed E-state index contributed by atoms with van der Waals surface area (Å²) in [6.45, 7) is 14.1. The minimum absolute atomic E-state index is 0.0879. The monoisotopic (exact) mass is 1240 g/mol. The Kier molecular flexibility index (Phi) is 24.8. The van der Waals surface area contributed by atoms with Gasteiger partial charge in [0.05, 0.1) is 72.8 Å². The Hall–Kier alpha value is -10.4. The zero-order valence-corrected chi connectivity index (χ0v) is 51.1. The fourth-order valence-electron chi connectivity index (χ4n) is 9.59. The van der Waals surface area contributed by atoms with Crippen LogP contribution in [0.15, 0.2) is 189 Å². The van der Waals surface area contributed by atoms with Crippen molar-refractivity contribution in [3.05, 3.63) is 211 Å². The van der Waals surface area contributed by atoms with Crippen molar-refractivity contribution in [1.82, 2.24) is 9.97 Å². The molecule has 0 saturated heterocycles. The maximum Gasteiger partial charge on any atom is 0.343 e. The largest absolute Gasteiger partial charge is 0.494 e. The van der Waals surface area contributed by atoms with E-state index in [1.165, 1.54) is 0 Å². The predicted molar refractivity (Wildman–Crippen MR) is 349 cm³/mol. The third kappa shape index (κ3) is 19.8. The second-order valence-electron chi connectivity index (χ2n) is 21.2. The molecule has 92 heavy (non-hydrogen) atoms. The van der Waals surface area contributed by atoms with Crippen molar-refractivity contribution >= 4 is 73.8 Å². The third-order valence-electron chi connectivity index (χ3n) is 14.4. The summed E-state index contributed by atoms with van der Waals surface area (Å²) < 4.78 is 62.9. The van der Waals surface area contributed by atoms with Crippen molar-refractivity contribution in [2.45, 2.75) is 64.6 Å². The van der Waals surface area contributed by atoms with E-state index in [0.29, 0.717) is 105 Å². The van der Waals surface area contributed by atoms with Gasteiger partial charge in [-0.1, -0.05) is 50.4 Å². The molecule has 9 aromatic rings. The zero-order valence-electron chi connectivity index (χ0n) is 51.1. The van der Waals surface area contributed by atoms with E-state index in [1.807, 2.05) is 91.0 Å². The molecule has 0 saturated carbocycles. The summed E-state index contributed by atoms with van der Waals surface area (Å²) in [5, 5.41) is 2.91. The summed E-state index contributed by atoms with van der Waals surface area (Å²) >= 11 is 0. The Labute approximate surface area is 533 Å². The van der Waals surface area contributed by atoms with Crippen LogP contribution in [0.5, 0.6) is 40.2 Å². The molecule has 9 rings (SSSR count). The molecule has 0 aliphatic carbocycles. The van der Waals surface area contributed by atoms with Crippen LogP contribution in [0.1, 0.15) is 83.2 Å². The minimum atomic E-state index is -0.560. The molecule has 0 radical (unpaired) electrons. The first-order valence-electron chi connectivity index (χ1n) is 30.5. The molecule has 18 nitrogen and oxygen atoms in total. The normalized spacial score (nSPS) is 11.0. The lowest BCUT2D eigenvalue weighted by Gasteiger charge is -2.14. The Morgan fingerprint density at radius 1 is 0.380 bits per heavy atom. The van der Waals surface area contributed by atoms with Crippen molar-refractivity contribution in [3.63, 3.8) is 0 Å². The van der Waals surface area contributed by atoms with Gasteiger partial charge in [-0.25, -0.2) is 29.1 Å². The van der Waals surface area contributed by atoms with E-state index in [9.17, 15) is 24.0 Å². The minimum Gasteiger partial charge on any atom is -0.494 e. The molecule has 0 atom stereocenters. The van der Waals surface area contributed by atoms with Crippen LogP contribution in [-0.2, 0) is 46.5 Å². The predicted octanol–water partition coefficient (Wildman–Crippen LogP) is 14.2. The van der Waals surface area contributed by atoms with Crippen molar-refractivity contribution in [3.8, 4) is 40.2 Å². The lowest BCUT2D eigenvalue weighted by Crippen LogP contribution is -2.12. The third-order valence-corrected chi connectivity index (χ3v) is 14.4. The number of rotatable bonds is 38. The first kappa shape index (κ1) is 66.0. The van der Waals surface area contributed by atoms with E-state index in [2.05, 4.69) is 19.7 Å². The van der Waals surface area contributed by atoms with Gasteiger partial charge in [0.2, 0.25) is 0 Å². The molecule has 0 unspecified atom stereocenters. The van der Waals surface area contributed by atoms with Gasteiger partial charge in [-0.15, -0.1) is 0 Å². The standard InChI is InChI=1S/C74H72N2O16/c1-4-69(78)87-39-13-9-8-12-38-85-57-24-28-59(29-25-57)90-49-52-14-18-54(19-15-52)73(80)91-61-30-33-63-64-34-31-62(45-66(64)72-71(65(63)44-61)75-67-35-32-60(46-68(67)76-72)86-42-40-82-41-43-88-70(79)5-2)92-74(81)55-20-16-53(17-21-55)50-89-58-26-22-56(23-27-58)84-37-11-7-6-10-36-83-48-51(3)47-77/h4-5,14-35,44-47H,1-3,6-13,36-43,48-50H2. The number of benzene rings is 8. The number of ether oxygens (including phenoxy) is 11. The average molecular weight is 1250 g/mol. The fourth-order valence-corrected chi connectivity index (χ4v) is 9.59. The van der Waals surface area contributed by atoms with Gasteiger partial charge in [-0.3, -0.25) is 4.79 Å². The first-order chi connectivity index (χ1) is 45.0. The van der Waals surface area contributed by atoms with Gasteiger partial charge in [0, 0.05) is 41.2 Å². The number of unbranched alkanes of at least 4 members (excludes halogenated alkanes) is 6. The van der Waals surface area contributed by atoms with Crippen LogP contribution in [0, 0.1) is 0 Å². The Bertz CT molecular complexity index is 4000. The van der Waals surface area contributed by atoms with Gasteiger partial charge >= 0.3 is 23.9 Å². The van der Waals surface area contributed by atoms with Gasteiger partial charge < -0.3 is 52.1 Å². The fraction of sp³-hybridized carbons (Fsp3) is 0.257. The van der Waals surface area contributed by atoms with Gasteiger partial charge in [-0.05, 0) is 188 Å². The average Bonchev–Trinajstić information content (AvgIpc) is 0.756. The van der Waals surface area contributed by atoms with Crippen molar-refractivity contribution in [2.75, 3.05) is 59.5 Å². The lowest BCUT2D eigenvalue weighted by atomic mass is 9.98. The Balaban J connectivity index is 0.829. The topological polar surface area (TPSA) is 213 Å². The van der Waals surface area contributed by atoms with E-state index in [-0.39, 0.29) is 52.0 Å². The van der Waals surface area contributed by atoms with Crippen LogP contribution in [0.3, 0.4) is 0 Å². The number of aldehydes is 1. The van der Waals surface area contributed by atoms with Crippen molar-refractivity contribution in [1.29, 1.82) is 0 Å². The number of fused-ring (bicyclic) bond motifs is 7. The van der Waals surface area contributed by atoms with Crippen LogP contribution in [0.4, 0.5) is 0 Å². The summed E-state index contributed by atoms with van der Waals surface area (Å²) in [6.07, 6.45) is 10.4. The quantitative estimate of drug-likeness (QED) is 0.00669. The van der Waals surface area contributed by atoms with E-state index in [0.717, 1.165) is 96.9 Å². The number of nitrogens with zero attached hydrogens (tertiary/aromatic N) is 2. The highest BCUT2D eigenvalue weighted by atomic mass is 16.6. The Morgan fingerprint density at radius 3 is 1.30 bits per heavy atom. The SMILES string of the molecule is C=CC(=O)OCCCCCCOc1ccc(OCc2ccc(C(=O)Oc3ccc4c5ccc(OC(=O)c6ccc(COc7ccc(OCCCCCCOCC(=C)C=O)cc7)cc6)cc5c5nc6cc(OCCOCCOC(=O)C=C)ccc6nc5c4c3)cc2)cc1. The molecule has 1 aromatic heterocycles. The molecule has 0 aliphatic rings. The summed E-state index contributed by atoms with van der Waals surface area (Å²) in [7, 11) is 0. The molecule has 18 heteroatoms. The molecule has 0 amide bonds. The maximum atomic E-state index is 13.7. The van der Waals surface area contributed by atoms with E-state index in [1.54, 1.807) is 60.7 Å². The number of carbonyl (C=O) groups excluding carboxylic acids is 5. The smallest absolute Gasteiger partial charge is 0.343 e. The van der Waals surface area contributed by atoms with E-state index in [4.69, 9.17) is 62.1 Å². The lowest BCUT2D eigenvalue weighted by molar-refractivity contribution is -0.139. The maximum absolute atomic E-state index is 13.7. The summed E-state index contributed by atoms with van der Waals surface area (Å²) in [6, 6.07) is 45.0. The molecule has 8 aromatic carbocycles. The molecule has 0 N–H and O–H groups in total. The van der Waals surface area contributed by atoms with Crippen LogP contribution < -0.4 is 33.2 Å². The number of aromatic nitrogens is 2. The number of esters is 4. The molecule has 0 fully saturated rings. The molecule has 0 spiro atoms. The second-order valence-corrected chi connectivity index (χ2v) is 21.2. The van der Waals surface area contributed by atoms with Crippen LogP contribution in [0.25, 0.3) is 43.6 Å². The molecule has 0 aliphatic heterocycles. The first-order valence-corrected chi connectivity index (χ1v) is 30.5. The van der Waals surface area contributed by atoms with Crippen LogP contribution >= 0.6 is 0 Å². The van der Waals surface area contributed by atoms with Gasteiger partial charge in [0.15, 0.2) is 0 Å². The van der Waals surface area contributed by atoms with Crippen LogP contribution in [-0.4, -0.2) is 99.6 Å². The highest BCUT2D eigenvalue weighted by molar-refractivity contribution is 6.24. The van der Waals surface area contributed by atoms with Gasteiger partial charge in [-0.2, -0.15) is 0 Å². The van der Waals surface area contributed by atoms with Crippen molar-refractivity contribution < 1.29 is 76.1 Å². The molecule has 1 heterocycles. The molecular weight excluding hydrogens is 1170 g/mol. The molecular formula is C74H72N2O16. The zero-order chi connectivity index (χ0) is 64.3. The van der Waals surface area contributed by atoms with Gasteiger partial charge in [0.1, 0.15) is 73.0 Å². The van der Waals surface area contributed by atoms with Crippen molar-refractivity contribution in [2.24, 2.45) is 0 Å². The molecule has 0 bridgehead atoms. The Morgan fingerprint density at radius 2 is 0.804 bits per heavy atom. The second kappa shape index (κ2) is 34.5. The summed E-state index contributed by atoms with van der Waals surface area (Å²) in [4.78, 5) is 70.9. The number of hydrogen-bond donors (Lipinski definition) is 0. The van der Waals surface area contributed by atoms with Crippen LogP contribution in [0.2, 0.25) is 0 Å². The number of hydrogen-bond acceptors (Lipinski definition) is 18. The molecule has 474 valence electrons.